The van der Waals surface area contributed by atoms with Gasteiger partial charge >= 0.3 is 0 Å². The first-order chi connectivity index (χ1) is 9.30. The number of hydrogen-bond donors (Lipinski definition) is 3. The van der Waals surface area contributed by atoms with E-state index in [0.717, 1.165) is 12.8 Å². The van der Waals surface area contributed by atoms with Crippen molar-refractivity contribution in [3.05, 3.63) is 11.4 Å². The molecular weight excluding hydrogens is 278 g/mol. The average Bonchev–Trinajstić information content (AvgIpc) is 2.72. The molecule has 0 unspecified atom stereocenters. The first-order valence-electron chi connectivity index (χ1n) is 6.96. The molecule has 0 radical (unpaired) electrons. The Kier molecular flexibility index (Phi) is 4.22. The van der Waals surface area contributed by atoms with E-state index in [1.54, 1.807) is 13.8 Å². The zero-order valence-corrected chi connectivity index (χ0v) is 13.0. The van der Waals surface area contributed by atoms with Gasteiger partial charge in [-0.05, 0) is 45.4 Å². The largest absolute Gasteiger partial charge is 0.394 e. The summed E-state index contributed by atoms with van der Waals surface area (Å²) in [6.45, 7) is 5.32. The summed E-state index contributed by atoms with van der Waals surface area (Å²) >= 11 is 0. The normalized spacial score (nSPS) is 27.7. The molecule has 1 aromatic heterocycles. The molecule has 1 fully saturated rings. The van der Waals surface area contributed by atoms with E-state index in [2.05, 4.69) is 21.8 Å². The minimum absolute atomic E-state index is 0.172. The molecule has 7 heteroatoms. The Hall–Kier alpha value is -0.920. The van der Waals surface area contributed by atoms with Crippen LogP contribution in [0.25, 0.3) is 0 Å². The van der Waals surface area contributed by atoms with Gasteiger partial charge in [-0.2, -0.15) is 5.10 Å². The van der Waals surface area contributed by atoms with Crippen molar-refractivity contribution in [1.29, 1.82) is 0 Å². The SMILES string of the molecule is Cc1n[nH]c(C)c1S(=O)(=O)NC1(CO)CCC(C)CC1. The molecule has 0 aromatic carbocycles. The fourth-order valence-electron chi connectivity index (χ4n) is 2.88. The minimum Gasteiger partial charge on any atom is -0.394 e. The van der Waals surface area contributed by atoms with Gasteiger partial charge in [-0.15, -0.1) is 0 Å². The number of nitrogens with zero attached hydrogens (tertiary/aromatic N) is 1. The van der Waals surface area contributed by atoms with Gasteiger partial charge in [0.15, 0.2) is 0 Å². The quantitative estimate of drug-likeness (QED) is 0.780. The summed E-state index contributed by atoms with van der Waals surface area (Å²) in [6, 6.07) is 0. The van der Waals surface area contributed by atoms with Gasteiger partial charge in [0.05, 0.1) is 23.5 Å². The van der Waals surface area contributed by atoms with E-state index in [-0.39, 0.29) is 11.5 Å². The zero-order valence-electron chi connectivity index (χ0n) is 12.2. The fourth-order valence-corrected chi connectivity index (χ4v) is 4.70. The molecule has 0 amide bonds. The molecule has 1 aliphatic carbocycles. The summed E-state index contributed by atoms with van der Waals surface area (Å²) in [7, 11) is -3.67. The summed E-state index contributed by atoms with van der Waals surface area (Å²) in [5.74, 6) is 0.580. The molecule has 0 aliphatic heterocycles. The molecule has 1 aromatic rings. The van der Waals surface area contributed by atoms with E-state index in [1.807, 2.05) is 0 Å². The number of aromatic amines is 1. The van der Waals surface area contributed by atoms with Gasteiger partial charge in [-0.3, -0.25) is 5.10 Å². The molecule has 1 saturated carbocycles. The highest BCUT2D eigenvalue weighted by Gasteiger charge is 2.38. The predicted molar refractivity (Wildman–Crippen MR) is 75.8 cm³/mol. The maximum atomic E-state index is 12.6. The number of aromatic nitrogens is 2. The number of aryl methyl sites for hydroxylation is 2. The predicted octanol–water partition coefficient (Wildman–Crippen LogP) is 1.25. The number of aliphatic hydroxyl groups is 1. The molecule has 3 N–H and O–H groups in total. The Bertz CT molecular complexity index is 552. The second kappa shape index (κ2) is 5.46. The van der Waals surface area contributed by atoms with E-state index >= 15 is 0 Å². The fraction of sp³-hybridized carbons (Fsp3) is 0.769. The molecular formula is C13H23N3O3S. The monoisotopic (exact) mass is 301 g/mol. The van der Waals surface area contributed by atoms with Crippen LogP contribution in [0.4, 0.5) is 0 Å². The number of rotatable bonds is 4. The van der Waals surface area contributed by atoms with Crippen LogP contribution in [0, 0.1) is 19.8 Å². The first kappa shape index (κ1) is 15.5. The van der Waals surface area contributed by atoms with Crippen molar-refractivity contribution in [3.8, 4) is 0 Å². The van der Waals surface area contributed by atoms with Crippen molar-refractivity contribution < 1.29 is 13.5 Å². The molecule has 1 aliphatic rings. The van der Waals surface area contributed by atoms with Crippen LogP contribution in [0.5, 0.6) is 0 Å². The summed E-state index contributed by atoms with van der Waals surface area (Å²) < 4.78 is 27.9. The van der Waals surface area contributed by atoms with Crippen molar-refractivity contribution in [3.63, 3.8) is 0 Å². The van der Waals surface area contributed by atoms with Gasteiger partial charge < -0.3 is 5.11 Å². The topological polar surface area (TPSA) is 95.1 Å². The third kappa shape index (κ3) is 2.89. The number of nitrogens with one attached hydrogen (secondary N) is 2. The van der Waals surface area contributed by atoms with Crippen molar-refractivity contribution in [2.45, 2.75) is 56.9 Å². The van der Waals surface area contributed by atoms with Gasteiger partial charge in [0, 0.05) is 0 Å². The van der Waals surface area contributed by atoms with E-state index < -0.39 is 15.6 Å². The summed E-state index contributed by atoms with van der Waals surface area (Å²) in [6.07, 6.45) is 3.18. The molecule has 1 heterocycles. The van der Waals surface area contributed by atoms with E-state index in [9.17, 15) is 13.5 Å². The Balaban J connectivity index is 2.27. The molecule has 0 spiro atoms. The number of H-pyrrole nitrogens is 1. The molecule has 2 rings (SSSR count). The lowest BCUT2D eigenvalue weighted by atomic mass is 9.78. The third-order valence-electron chi connectivity index (χ3n) is 4.21. The summed E-state index contributed by atoms with van der Waals surface area (Å²) in [4.78, 5) is 0.198. The van der Waals surface area contributed by atoms with Gasteiger partial charge in [0.25, 0.3) is 0 Å². The molecule has 0 bridgehead atoms. The Labute approximate surface area is 120 Å². The number of aliphatic hydroxyl groups excluding tert-OH is 1. The van der Waals surface area contributed by atoms with Crippen LogP contribution in [0.15, 0.2) is 4.90 Å². The Morgan fingerprint density at radius 2 is 2.00 bits per heavy atom. The van der Waals surface area contributed by atoms with Crippen molar-refractivity contribution in [2.75, 3.05) is 6.61 Å². The van der Waals surface area contributed by atoms with Crippen LogP contribution in [0.3, 0.4) is 0 Å². The summed E-state index contributed by atoms with van der Waals surface area (Å²) in [5.41, 5.74) is 0.237. The van der Waals surface area contributed by atoms with Crippen molar-refractivity contribution in [2.24, 2.45) is 5.92 Å². The van der Waals surface area contributed by atoms with Gasteiger partial charge in [-0.1, -0.05) is 6.92 Å². The highest BCUT2D eigenvalue weighted by atomic mass is 32.2. The molecule has 6 nitrogen and oxygen atoms in total. The lowest BCUT2D eigenvalue weighted by Gasteiger charge is -2.38. The van der Waals surface area contributed by atoms with Crippen LogP contribution in [0.1, 0.15) is 44.0 Å². The van der Waals surface area contributed by atoms with Crippen LogP contribution in [-0.2, 0) is 10.0 Å². The van der Waals surface area contributed by atoms with Crippen LogP contribution in [-0.4, -0.2) is 35.9 Å². The second-order valence-electron chi connectivity index (χ2n) is 5.99. The smallest absolute Gasteiger partial charge is 0.244 e. The number of hydrogen-bond acceptors (Lipinski definition) is 4. The lowest BCUT2D eigenvalue weighted by molar-refractivity contribution is 0.125. The van der Waals surface area contributed by atoms with E-state index in [1.165, 1.54) is 0 Å². The van der Waals surface area contributed by atoms with Crippen molar-refractivity contribution >= 4 is 10.0 Å². The Morgan fingerprint density at radius 1 is 1.40 bits per heavy atom. The molecule has 114 valence electrons. The first-order valence-corrected chi connectivity index (χ1v) is 8.44. The van der Waals surface area contributed by atoms with Crippen molar-refractivity contribution in [1.82, 2.24) is 14.9 Å². The standard InChI is InChI=1S/C13H23N3O3S/c1-9-4-6-13(8-17,7-5-9)16-20(18,19)12-10(2)14-15-11(12)3/h9,16-17H,4-8H2,1-3H3,(H,14,15). The van der Waals surface area contributed by atoms with E-state index in [0.29, 0.717) is 30.1 Å². The maximum absolute atomic E-state index is 12.6. The van der Waals surface area contributed by atoms with Gasteiger partial charge in [-0.25, -0.2) is 13.1 Å². The highest BCUT2D eigenvalue weighted by molar-refractivity contribution is 7.89. The van der Waals surface area contributed by atoms with Gasteiger partial charge in [0.1, 0.15) is 4.90 Å². The average molecular weight is 301 g/mol. The third-order valence-corrected chi connectivity index (χ3v) is 6.05. The second-order valence-corrected chi connectivity index (χ2v) is 7.61. The van der Waals surface area contributed by atoms with Crippen LogP contribution in [0.2, 0.25) is 0 Å². The van der Waals surface area contributed by atoms with E-state index in [4.69, 9.17) is 0 Å². The van der Waals surface area contributed by atoms with Gasteiger partial charge in [0.2, 0.25) is 10.0 Å². The molecule has 0 atom stereocenters. The lowest BCUT2D eigenvalue weighted by Crippen LogP contribution is -2.53. The summed E-state index contributed by atoms with van der Waals surface area (Å²) in [5, 5.41) is 16.3. The number of sulfonamides is 1. The van der Waals surface area contributed by atoms with Crippen LogP contribution >= 0.6 is 0 Å². The highest BCUT2D eigenvalue weighted by Crippen LogP contribution is 2.33. The molecule has 0 saturated heterocycles. The minimum atomic E-state index is -3.67. The molecule has 20 heavy (non-hydrogen) atoms. The zero-order chi connectivity index (χ0) is 15.0. The Morgan fingerprint density at radius 3 is 2.45 bits per heavy atom. The maximum Gasteiger partial charge on any atom is 0.244 e. The van der Waals surface area contributed by atoms with Crippen LogP contribution < -0.4 is 4.72 Å².